The summed E-state index contributed by atoms with van der Waals surface area (Å²) in [5.74, 6) is -2.62. The van der Waals surface area contributed by atoms with Crippen molar-refractivity contribution in [3.8, 4) is 0 Å². The minimum absolute atomic E-state index is 0.0278. The fourth-order valence-electron chi connectivity index (χ4n) is 5.54. The molecule has 1 amide bonds. The number of carbonyl (C=O) groups excluding carboxylic acids is 4. The Morgan fingerprint density at radius 1 is 0.696 bits per heavy atom. The van der Waals surface area contributed by atoms with E-state index < -0.39 is 76.0 Å². The molecule has 0 bridgehead atoms. The van der Waals surface area contributed by atoms with Gasteiger partial charge in [0.1, 0.15) is 5.60 Å². The van der Waals surface area contributed by atoms with Crippen LogP contribution < -0.4 is 0 Å². The summed E-state index contributed by atoms with van der Waals surface area (Å²) in [7, 11) is -9.89. The van der Waals surface area contributed by atoms with Gasteiger partial charge in [0.05, 0.1) is 15.1 Å². The lowest BCUT2D eigenvalue weighted by Crippen LogP contribution is -2.47. The Bertz CT molecular complexity index is 1830. The second kappa shape index (κ2) is 21.5. The lowest BCUT2D eigenvalue weighted by Gasteiger charge is -2.36. The molecule has 0 spiro atoms. The number of hydrogen-bond donors (Lipinski definition) is 0. The normalized spacial score (nSPS) is 16.0. The number of hydrogen-bond acceptors (Lipinski definition) is 9. The smallest absolute Gasteiger partial charge is 0.444 e. The first kappa shape index (κ1) is 50.7. The van der Waals surface area contributed by atoms with Gasteiger partial charge in [-0.2, -0.15) is 30.7 Å². The van der Waals surface area contributed by atoms with Crippen LogP contribution >= 0.6 is 23.2 Å². The van der Waals surface area contributed by atoms with Crippen LogP contribution in [0.1, 0.15) is 86.4 Å². The maximum absolute atomic E-state index is 14.8. The standard InChI is InChI=1S/C18H23F2NO5S.C14H16F2O3S.C2HF3O.CH2Cl2/c1-17(2,3)26-16(23)21-10-8-14(9-11-21)18(19,20)27(24,25)15-7-5-4-6-13(15)12-22;15-14(16,12-7-2-1-3-8-12)20(18,19)13-9-5-4-6-11(13)10-17;3-2(4,5)1-6;2-1-3/h4-7,12,14H,8-11H2,1-3H3;4-6,9-10,12H,1-3,7-8H2;1H;1H2. The number of likely N-dealkylation sites (tertiary alicyclic amines) is 1. The van der Waals surface area contributed by atoms with E-state index in [0.717, 1.165) is 18.6 Å². The quantitative estimate of drug-likeness (QED) is 0.144. The van der Waals surface area contributed by atoms with E-state index in [1.165, 1.54) is 41.3 Å². The third-order valence-electron chi connectivity index (χ3n) is 8.22. The highest BCUT2D eigenvalue weighted by atomic mass is 35.5. The highest BCUT2D eigenvalue weighted by Crippen LogP contribution is 2.44. The summed E-state index contributed by atoms with van der Waals surface area (Å²) in [5.41, 5.74) is -1.23. The molecule has 1 aliphatic carbocycles. The average Bonchev–Trinajstić information content (AvgIpc) is 3.14. The zero-order valence-corrected chi connectivity index (χ0v) is 33.6. The fourth-order valence-corrected chi connectivity index (χ4v) is 8.84. The largest absolute Gasteiger partial charge is 0.446 e. The summed E-state index contributed by atoms with van der Waals surface area (Å²) >= 11 is 9.53. The van der Waals surface area contributed by atoms with Gasteiger partial charge in [0.2, 0.25) is 26.0 Å². The van der Waals surface area contributed by atoms with E-state index in [1.54, 1.807) is 20.8 Å². The van der Waals surface area contributed by atoms with Crippen LogP contribution in [0.3, 0.4) is 0 Å². The Kier molecular flexibility index (Phi) is 19.4. The molecule has 1 saturated heterocycles. The second-order valence-corrected chi connectivity index (χ2v) is 18.1. The molecule has 0 unspecified atom stereocenters. The number of carbonyl (C=O) groups is 4. The summed E-state index contributed by atoms with van der Waals surface area (Å²) in [4.78, 5) is 42.7. The summed E-state index contributed by atoms with van der Waals surface area (Å²) in [6, 6.07) is 9.97. The third kappa shape index (κ3) is 14.0. The number of sulfone groups is 2. The predicted molar refractivity (Wildman–Crippen MR) is 194 cm³/mol. The van der Waals surface area contributed by atoms with Crippen LogP contribution in [-0.2, 0) is 29.2 Å². The number of alkyl halides is 9. The summed E-state index contributed by atoms with van der Waals surface area (Å²) in [5, 5.41) is -7.68. The molecule has 1 saturated carbocycles. The Morgan fingerprint density at radius 2 is 1.04 bits per heavy atom. The monoisotopic (exact) mass is 887 g/mol. The van der Waals surface area contributed by atoms with Crippen molar-refractivity contribution in [2.24, 2.45) is 11.8 Å². The molecule has 2 fully saturated rings. The number of halogens is 9. The number of aldehydes is 3. The van der Waals surface area contributed by atoms with Crippen LogP contribution in [0.15, 0.2) is 58.3 Å². The minimum Gasteiger partial charge on any atom is -0.444 e. The first-order chi connectivity index (χ1) is 25.8. The third-order valence-corrected chi connectivity index (χ3v) is 12.2. The van der Waals surface area contributed by atoms with Crippen molar-refractivity contribution >= 4 is 67.8 Å². The Hall–Kier alpha value is -3.29. The molecule has 2 aromatic carbocycles. The summed E-state index contributed by atoms with van der Waals surface area (Å²) < 4.78 is 144. The van der Waals surface area contributed by atoms with Crippen LogP contribution in [0.25, 0.3) is 0 Å². The molecule has 1 heterocycles. The number of benzene rings is 2. The molecule has 2 aromatic rings. The van der Waals surface area contributed by atoms with E-state index in [2.05, 4.69) is 0 Å². The van der Waals surface area contributed by atoms with E-state index in [1.807, 2.05) is 0 Å². The molecular formula is C35H42Cl2F7NO9S2. The van der Waals surface area contributed by atoms with Gasteiger partial charge >= 0.3 is 22.8 Å². The lowest BCUT2D eigenvalue weighted by atomic mass is 9.89. The Morgan fingerprint density at radius 3 is 1.36 bits per heavy atom. The highest BCUT2D eigenvalue weighted by Gasteiger charge is 2.54. The van der Waals surface area contributed by atoms with Crippen LogP contribution in [0, 0.1) is 11.8 Å². The van der Waals surface area contributed by atoms with Gasteiger partial charge in [0.25, 0.3) is 0 Å². The van der Waals surface area contributed by atoms with Gasteiger partial charge in [-0.1, -0.05) is 55.7 Å². The second-order valence-electron chi connectivity index (χ2n) is 13.3. The van der Waals surface area contributed by atoms with Crippen molar-refractivity contribution in [2.45, 2.75) is 97.8 Å². The molecule has 0 N–H and O–H groups in total. The Balaban J connectivity index is 0.000000472. The molecule has 10 nitrogen and oxygen atoms in total. The number of piperidine rings is 1. The van der Waals surface area contributed by atoms with E-state index >= 15 is 0 Å². The number of ether oxygens (including phenoxy) is 1. The zero-order chi connectivity index (χ0) is 43.2. The van der Waals surface area contributed by atoms with E-state index in [4.69, 9.17) is 32.7 Å². The molecule has 0 aromatic heterocycles. The molecule has 316 valence electrons. The van der Waals surface area contributed by atoms with Gasteiger partial charge in [-0.05, 0) is 58.6 Å². The summed E-state index contributed by atoms with van der Waals surface area (Å²) in [6.45, 7) is 5.04. The highest BCUT2D eigenvalue weighted by molar-refractivity contribution is 7.92. The molecule has 21 heteroatoms. The molecule has 0 atom stereocenters. The maximum Gasteiger partial charge on any atom is 0.446 e. The van der Waals surface area contributed by atoms with Crippen molar-refractivity contribution in [1.29, 1.82) is 0 Å². The average molecular weight is 889 g/mol. The fraction of sp³-hybridized carbons (Fsp3) is 0.543. The van der Waals surface area contributed by atoms with Crippen molar-refractivity contribution in [3.05, 3.63) is 59.7 Å². The van der Waals surface area contributed by atoms with Crippen molar-refractivity contribution in [3.63, 3.8) is 0 Å². The molecular weight excluding hydrogens is 846 g/mol. The molecule has 4 rings (SSSR count). The molecule has 56 heavy (non-hydrogen) atoms. The van der Waals surface area contributed by atoms with Crippen LogP contribution in [-0.4, -0.2) is 87.4 Å². The van der Waals surface area contributed by atoms with E-state index in [-0.39, 0.29) is 61.5 Å². The van der Waals surface area contributed by atoms with Gasteiger partial charge in [0, 0.05) is 36.1 Å². The topological polar surface area (TPSA) is 149 Å². The first-order valence-electron chi connectivity index (χ1n) is 16.7. The summed E-state index contributed by atoms with van der Waals surface area (Å²) in [6.07, 6.45) is -3.65. The molecule has 2 aliphatic rings. The molecule has 0 radical (unpaired) electrons. The van der Waals surface area contributed by atoms with Crippen molar-refractivity contribution < 1.29 is 71.5 Å². The number of nitrogens with zero attached hydrogens (tertiary/aromatic N) is 1. The van der Waals surface area contributed by atoms with Gasteiger partial charge in [-0.15, -0.1) is 23.2 Å². The van der Waals surface area contributed by atoms with Crippen LogP contribution in [0.2, 0.25) is 0 Å². The number of rotatable bonds is 8. The van der Waals surface area contributed by atoms with Crippen LogP contribution in [0.5, 0.6) is 0 Å². The van der Waals surface area contributed by atoms with Gasteiger partial charge in [-0.3, -0.25) is 14.4 Å². The van der Waals surface area contributed by atoms with Gasteiger partial charge < -0.3 is 9.64 Å². The van der Waals surface area contributed by atoms with Crippen molar-refractivity contribution in [2.75, 3.05) is 18.4 Å². The Labute approximate surface area is 330 Å². The van der Waals surface area contributed by atoms with E-state index in [0.29, 0.717) is 19.1 Å². The van der Waals surface area contributed by atoms with Crippen molar-refractivity contribution in [1.82, 2.24) is 4.90 Å². The SMILES string of the molecule is CC(C)(C)OC(=O)N1CCC(C(F)(F)S(=O)(=O)c2ccccc2C=O)CC1.ClCCl.O=CC(F)(F)F.O=Cc1ccccc1S(=O)(=O)C(F)(F)C1CCCCC1. The van der Waals surface area contributed by atoms with E-state index in [9.17, 15) is 62.0 Å². The van der Waals surface area contributed by atoms with Gasteiger partial charge in [-0.25, -0.2) is 21.6 Å². The maximum atomic E-state index is 14.8. The van der Waals surface area contributed by atoms with Gasteiger partial charge in [0.15, 0.2) is 12.6 Å². The molecule has 1 aliphatic heterocycles. The minimum atomic E-state index is -5.05. The first-order valence-corrected chi connectivity index (χ1v) is 20.8. The van der Waals surface area contributed by atoms with Crippen LogP contribution in [0.4, 0.5) is 35.5 Å². The number of amides is 1. The lowest BCUT2D eigenvalue weighted by molar-refractivity contribution is -0.156. The predicted octanol–water partition coefficient (Wildman–Crippen LogP) is 9.13. The zero-order valence-electron chi connectivity index (χ0n) is 30.4.